The third kappa shape index (κ3) is 2.05. The zero-order chi connectivity index (χ0) is 11.0. The number of halogens is 2. The molecule has 2 atom stereocenters. The van der Waals surface area contributed by atoms with E-state index in [1.54, 1.807) is 12.3 Å². The Morgan fingerprint density at radius 3 is 2.80 bits per heavy atom. The molecule has 0 amide bonds. The number of rotatable bonds is 1. The number of anilines is 1. The van der Waals surface area contributed by atoms with E-state index in [-0.39, 0.29) is 12.1 Å². The molecule has 5 heteroatoms. The maximum atomic E-state index is 6.09. The first-order valence-electron chi connectivity index (χ1n) is 4.93. The molecule has 1 aliphatic rings. The summed E-state index contributed by atoms with van der Waals surface area (Å²) >= 11 is 11.9. The predicted octanol–water partition coefficient (Wildman–Crippen LogP) is 2.31. The van der Waals surface area contributed by atoms with Crippen molar-refractivity contribution in [2.45, 2.75) is 25.4 Å². The van der Waals surface area contributed by atoms with Gasteiger partial charge >= 0.3 is 0 Å². The summed E-state index contributed by atoms with van der Waals surface area (Å²) in [6.07, 6.45) is 2.58. The molecule has 0 aliphatic carbocycles. The summed E-state index contributed by atoms with van der Waals surface area (Å²) < 4.78 is 0. The largest absolute Gasteiger partial charge is 0.351 e. The Morgan fingerprint density at radius 2 is 2.27 bits per heavy atom. The molecule has 2 N–H and O–H groups in total. The highest BCUT2D eigenvalue weighted by Gasteiger charge is 2.29. The highest BCUT2D eigenvalue weighted by atomic mass is 35.5. The molecule has 1 fully saturated rings. The standard InChI is InChI=1S/C10H13Cl2N3/c1-6-9(13)2-3-15(6)10-8(12)4-7(11)5-14-10/h4-6,9H,2-3,13H2,1H3. The Morgan fingerprint density at radius 1 is 1.53 bits per heavy atom. The Labute approximate surface area is 99.2 Å². The van der Waals surface area contributed by atoms with Crippen molar-refractivity contribution in [1.29, 1.82) is 0 Å². The second-order valence-corrected chi connectivity index (χ2v) is 4.69. The van der Waals surface area contributed by atoms with Gasteiger partial charge in [-0.1, -0.05) is 23.2 Å². The van der Waals surface area contributed by atoms with Crippen molar-refractivity contribution < 1.29 is 0 Å². The lowest BCUT2D eigenvalue weighted by Crippen LogP contribution is -2.37. The molecule has 2 rings (SSSR count). The van der Waals surface area contributed by atoms with E-state index in [0.29, 0.717) is 10.0 Å². The lowest BCUT2D eigenvalue weighted by Gasteiger charge is -2.25. The van der Waals surface area contributed by atoms with Gasteiger partial charge in [0.2, 0.25) is 0 Å². The third-order valence-corrected chi connectivity index (χ3v) is 3.36. The van der Waals surface area contributed by atoms with Gasteiger partial charge < -0.3 is 10.6 Å². The average molecular weight is 246 g/mol. The van der Waals surface area contributed by atoms with E-state index in [4.69, 9.17) is 28.9 Å². The number of nitrogens with zero attached hydrogens (tertiary/aromatic N) is 2. The van der Waals surface area contributed by atoms with Crippen molar-refractivity contribution in [3.05, 3.63) is 22.3 Å². The maximum absolute atomic E-state index is 6.09. The molecule has 1 saturated heterocycles. The van der Waals surface area contributed by atoms with Crippen LogP contribution in [-0.4, -0.2) is 23.6 Å². The van der Waals surface area contributed by atoms with Crippen LogP contribution in [0.2, 0.25) is 10.0 Å². The molecule has 1 aromatic heterocycles. The molecule has 0 bridgehead atoms. The van der Waals surface area contributed by atoms with Crippen LogP contribution in [0.1, 0.15) is 13.3 Å². The molecule has 1 aromatic rings. The van der Waals surface area contributed by atoms with Gasteiger partial charge in [-0.25, -0.2) is 4.98 Å². The predicted molar refractivity (Wildman–Crippen MR) is 63.7 cm³/mol. The molecule has 2 heterocycles. The van der Waals surface area contributed by atoms with Gasteiger partial charge in [0.25, 0.3) is 0 Å². The van der Waals surface area contributed by atoms with Gasteiger partial charge in [0.1, 0.15) is 5.82 Å². The number of pyridine rings is 1. The minimum Gasteiger partial charge on any atom is -0.351 e. The highest BCUT2D eigenvalue weighted by molar-refractivity contribution is 6.36. The van der Waals surface area contributed by atoms with Crippen molar-refractivity contribution in [1.82, 2.24) is 4.98 Å². The van der Waals surface area contributed by atoms with E-state index in [0.717, 1.165) is 18.8 Å². The van der Waals surface area contributed by atoms with Gasteiger partial charge in [-0.2, -0.15) is 0 Å². The molecule has 0 radical (unpaired) electrons. The van der Waals surface area contributed by atoms with Crippen molar-refractivity contribution in [2.75, 3.05) is 11.4 Å². The summed E-state index contributed by atoms with van der Waals surface area (Å²) in [4.78, 5) is 6.38. The van der Waals surface area contributed by atoms with Crippen LogP contribution in [0.5, 0.6) is 0 Å². The summed E-state index contributed by atoms with van der Waals surface area (Å²) in [5.74, 6) is 0.779. The smallest absolute Gasteiger partial charge is 0.147 e. The molecule has 1 aliphatic heterocycles. The fraction of sp³-hybridized carbons (Fsp3) is 0.500. The zero-order valence-electron chi connectivity index (χ0n) is 8.45. The molecule has 15 heavy (non-hydrogen) atoms. The molecule has 3 nitrogen and oxygen atoms in total. The van der Waals surface area contributed by atoms with Crippen LogP contribution >= 0.6 is 23.2 Å². The summed E-state index contributed by atoms with van der Waals surface area (Å²) in [5.41, 5.74) is 5.95. The molecule has 82 valence electrons. The molecule has 0 spiro atoms. The molecule has 0 saturated carbocycles. The second kappa shape index (κ2) is 4.16. The molecular weight excluding hydrogens is 233 g/mol. The van der Waals surface area contributed by atoms with Crippen molar-refractivity contribution in [3.63, 3.8) is 0 Å². The van der Waals surface area contributed by atoms with Crippen molar-refractivity contribution in [3.8, 4) is 0 Å². The highest BCUT2D eigenvalue weighted by Crippen LogP contribution is 2.30. The van der Waals surface area contributed by atoms with E-state index < -0.39 is 0 Å². The topological polar surface area (TPSA) is 42.1 Å². The number of aromatic nitrogens is 1. The van der Waals surface area contributed by atoms with Gasteiger partial charge in [0, 0.05) is 24.8 Å². The third-order valence-electron chi connectivity index (χ3n) is 2.88. The van der Waals surface area contributed by atoms with Crippen LogP contribution in [0.4, 0.5) is 5.82 Å². The fourth-order valence-corrected chi connectivity index (χ4v) is 2.37. The Bertz CT molecular complexity index is 370. The first-order valence-corrected chi connectivity index (χ1v) is 5.68. The summed E-state index contributed by atoms with van der Waals surface area (Å²) in [6.45, 7) is 2.99. The van der Waals surface area contributed by atoms with Crippen molar-refractivity contribution >= 4 is 29.0 Å². The van der Waals surface area contributed by atoms with E-state index in [1.807, 2.05) is 0 Å². The van der Waals surface area contributed by atoms with Crippen LogP contribution < -0.4 is 10.6 Å². The van der Waals surface area contributed by atoms with Crippen LogP contribution in [0.3, 0.4) is 0 Å². The zero-order valence-corrected chi connectivity index (χ0v) is 9.96. The first-order chi connectivity index (χ1) is 7.09. The number of hydrogen-bond acceptors (Lipinski definition) is 3. The van der Waals surface area contributed by atoms with Gasteiger partial charge in [-0.15, -0.1) is 0 Å². The van der Waals surface area contributed by atoms with Gasteiger partial charge in [-0.05, 0) is 19.4 Å². The van der Waals surface area contributed by atoms with Gasteiger partial charge in [0.05, 0.1) is 10.0 Å². The van der Waals surface area contributed by atoms with E-state index in [2.05, 4.69) is 16.8 Å². The maximum Gasteiger partial charge on any atom is 0.147 e. The SMILES string of the molecule is CC1C(N)CCN1c1ncc(Cl)cc1Cl. The lowest BCUT2D eigenvalue weighted by molar-refractivity contribution is 0.621. The number of nitrogens with two attached hydrogens (primary N) is 1. The van der Waals surface area contributed by atoms with E-state index in [9.17, 15) is 0 Å². The first kappa shape index (κ1) is 11.0. The van der Waals surface area contributed by atoms with Crippen LogP contribution in [0.25, 0.3) is 0 Å². The second-order valence-electron chi connectivity index (χ2n) is 3.85. The monoisotopic (exact) mass is 245 g/mol. The fourth-order valence-electron chi connectivity index (χ4n) is 1.88. The van der Waals surface area contributed by atoms with Crippen LogP contribution in [-0.2, 0) is 0 Å². The summed E-state index contributed by atoms with van der Waals surface area (Å²) in [5, 5.41) is 1.14. The Balaban J connectivity index is 2.30. The van der Waals surface area contributed by atoms with Crippen LogP contribution in [0, 0.1) is 0 Å². The van der Waals surface area contributed by atoms with Gasteiger partial charge in [0.15, 0.2) is 0 Å². The minimum absolute atomic E-state index is 0.193. The van der Waals surface area contributed by atoms with Crippen molar-refractivity contribution in [2.24, 2.45) is 5.73 Å². The Kier molecular flexibility index (Phi) is 3.05. The molecule has 2 unspecified atom stereocenters. The summed E-state index contributed by atoms with van der Waals surface area (Å²) in [6, 6.07) is 2.18. The quantitative estimate of drug-likeness (QED) is 0.826. The normalized spacial score (nSPS) is 26.0. The minimum atomic E-state index is 0.193. The summed E-state index contributed by atoms with van der Waals surface area (Å²) in [7, 11) is 0. The lowest BCUT2D eigenvalue weighted by atomic mass is 10.2. The number of hydrogen-bond donors (Lipinski definition) is 1. The van der Waals surface area contributed by atoms with Crippen LogP contribution in [0.15, 0.2) is 12.3 Å². The molecule has 0 aromatic carbocycles. The average Bonchev–Trinajstić information content (AvgIpc) is 2.49. The Hall–Kier alpha value is -0.510. The van der Waals surface area contributed by atoms with E-state index >= 15 is 0 Å². The molecular formula is C10H13Cl2N3. The van der Waals surface area contributed by atoms with Gasteiger partial charge in [-0.3, -0.25) is 0 Å². The van der Waals surface area contributed by atoms with E-state index in [1.165, 1.54) is 0 Å².